The maximum Gasteiger partial charge on any atom is 0.359 e. The molecule has 7 heteroatoms. The number of nitrogens with one attached hydrogen (secondary N) is 1. The fraction of sp³-hybridized carbons (Fsp3) is 0.412. The highest BCUT2D eigenvalue weighted by Gasteiger charge is 2.19. The maximum absolute atomic E-state index is 12.4. The van der Waals surface area contributed by atoms with Crippen molar-refractivity contribution in [1.29, 1.82) is 0 Å². The van der Waals surface area contributed by atoms with E-state index in [1.807, 2.05) is 20.8 Å². The first kappa shape index (κ1) is 17.7. The Morgan fingerprint density at radius 1 is 1.25 bits per heavy atom. The molecule has 0 spiro atoms. The maximum atomic E-state index is 12.4. The monoisotopic (exact) mass is 330 g/mol. The predicted molar refractivity (Wildman–Crippen MR) is 92.7 cm³/mol. The third kappa shape index (κ3) is 3.79. The van der Waals surface area contributed by atoms with Crippen LogP contribution in [0.15, 0.2) is 33.9 Å². The minimum Gasteiger partial charge on any atom is -0.282 e. The van der Waals surface area contributed by atoms with Crippen LogP contribution < -0.4 is 16.3 Å². The van der Waals surface area contributed by atoms with Crippen molar-refractivity contribution in [3.05, 3.63) is 50.8 Å². The first-order valence-electron chi connectivity index (χ1n) is 7.94. The van der Waals surface area contributed by atoms with Gasteiger partial charge in [0.05, 0.1) is 5.69 Å². The van der Waals surface area contributed by atoms with E-state index in [1.54, 1.807) is 31.2 Å². The number of hydrogen-bond acceptors (Lipinski definition) is 4. The molecule has 0 aliphatic rings. The smallest absolute Gasteiger partial charge is 0.282 e. The van der Waals surface area contributed by atoms with E-state index in [1.165, 1.54) is 4.90 Å². The summed E-state index contributed by atoms with van der Waals surface area (Å²) in [6.07, 6.45) is 0.261. The van der Waals surface area contributed by atoms with Crippen LogP contribution in [0.2, 0.25) is 0 Å². The number of hydrogen-bond donors (Lipinski definition) is 1. The molecule has 0 unspecified atom stereocenters. The first-order valence-corrected chi connectivity index (χ1v) is 7.94. The number of amides is 1. The van der Waals surface area contributed by atoms with Crippen molar-refractivity contribution in [2.45, 2.75) is 34.1 Å². The van der Waals surface area contributed by atoms with Crippen molar-refractivity contribution in [3.63, 3.8) is 0 Å². The SMILES string of the molecule is CCC(=O)N(CC(C)C)c1nc(=O)n(-c2ccc(C)cc2)c(=O)[nH]1. The van der Waals surface area contributed by atoms with E-state index in [2.05, 4.69) is 9.97 Å². The van der Waals surface area contributed by atoms with Gasteiger partial charge in [-0.25, -0.2) is 14.2 Å². The van der Waals surface area contributed by atoms with Crippen molar-refractivity contribution in [2.75, 3.05) is 11.4 Å². The summed E-state index contributed by atoms with van der Waals surface area (Å²) in [4.78, 5) is 44.7. The summed E-state index contributed by atoms with van der Waals surface area (Å²) in [5.74, 6) is -0.0291. The molecule has 1 aromatic carbocycles. The zero-order valence-electron chi connectivity index (χ0n) is 14.4. The predicted octanol–water partition coefficient (Wildman–Crippen LogP) is 1.63. The Kier molecular flexibility index (Phi) is 5.33. The van der Waals surface area contributed by atoms with Gasteiger partial charge >= 0.3 is 11.4 Å². The van der Waals surface area contributed by atoms with Gasteiger partial charge in [0, 0.05) is 13.0 Å². The van der Waals surface area contributed by atoms with Crippen molar-refractivity contribution < 1.29 is 4.79 Å². The fourth-order valence-corrected chi connectivity index (χ4v) is 2.32. The van der Waals surface area contributed by atoms with E-state index in [9.17, 15) is 14.4 Å². The second-order valence-electron chi connectivity index (χ2n) is 6.07. The van der Waals surface area contributed by atoms with Crippen LogP contribution in [0, 0.1) is 12.8 Å². The van der Waals surface area contributed by atoms with Crippen LogP contribution in [0.3, 0.4) is 0 Å². The molecular weight excluding hydrogens is 308 g/mol. The summed E-state index contributed by atoms with van der Waals surface area (Å²) in [6, 6.07) is 6.97. The van der Waals surface area contributed by atoms with E-state index in [4.69, 9.17) is 0 Å². The Bertz CT molecular complexity index is 803. The van der Waals surface area contributed by atoms with Crippen LogP contribution in [0.25, 0.3) is 5.69 Å². The summed E-state index contributed by atoms with van der Waals surface area (Å²) in [7, 11) is 0. The number of carbonyl (C=O) groups is 1. The Morgan fingerprint density at radius 3 is 2.38 bits per heavy atom. The summed E-state index contributed by atoms with van der Waals surface area (Å²) in [5.41, 5.74) is 0.120. The van der Waals surface area contributed by atoms with Gasteiger partial charge in [-0.2, -0.15) is 4.98 Å². The number of anilines is 1. The van der Waals surface area contributed by atoms with Crippen LogP contribution in [-0.2, 0) is 4.79 Å². The standard InChI is InChI=1S/C17H22N4O3/c1-5-14(22)20(10-11(2)3)15-18-16(23)21(17(24)19-15)13-8-6-12(4)7-9-13/h6-9,11H,5,10H2,1-4H3,(H,18,19,23,24). The zero-order valence-corrected chi connectivity index (χ0v) is 14.4. The average molecular weight is 330 g/mol. The summed E-state index contributed by atoms with van der Waals surface area (Å²) in [6.45, 7) is 7.91. The molecule has 2 rings (SSSR count). The van der Waals surface area contributed by atoms with Gasteiger partial charge in [0.25, 0.3) is 0 Å². The van der Waals surface area contributed by atoms with Crippen LogP contribution in [0.1, 0.15) is 32.8 Å². The van der Waals surface area contributed by atoms with Crippen molar-refractivity contribution in [3.8, 4) is 5.69 Å². The van der Waals surface area contributed by atoms with Crippen molar-refractivity contribution in [1.82, 2.24) is 14.5 Å². The molecule has 0 saturated heterocycles. The lowest BCUT2D eigenvalue weighted by Crippen LogP contribution is -2.42. The molecule has 2 aromatic rings. The first-order chi connectivity index (χ1) is 11.3. The third-order valence-corrected chi connectivity index (χ3v) is 3.51. The van der Waals surface area contributed by atoms with E-state index >= 15 is 0 Å². The van der Waals surface area contributed by atoms with Gasteiger partial charge in [-0.05, 0) is 25.0 Å². The molecule has 0 aliphatic heterocycles. The molecule has 0 aliphatic carbocycles. The number of carbonyl (C=O) groups excluding carboxylic acids is 1. The molecule has 1 N–H and O–H groups in total. The zero-order chi connectivity index (χ0) is 17.9. The molecule has 1 heterocycles. The highest BCUT2D eigenvalue weighted by molar-refractivity contribution is 5.91. The minimum atomic E-state index is -0.713. The number of aromatic nitrogens is 3. The molecule has 0 radical (unpaired) electrons. The molecule has 1 aromatic heterocycles. The Balaban J connectivity index is 2.52. The highest BCUT2D eigenvalue weighted by atomic mass is 16.2. The molecule has 0 atom stereocenters. The van der Waals surface area contributed by atoms with Gasteiger partial charge in [0.1, 0.15) is 0 Å². The largest absolute Gasteiger partial charge is 0.359 e. The van der Waals surface area contributed by atoms with E-state index in [0.29, 0.717) is 12.2 Å². The van der Waals surface area contributed by atoms with E-state index in [-0.39, 0.29) is 24.2 Å². The molecule has 1 amide bonds. The van der Waals surface area contributed by atoms with Crippen LogP contribution >= 0.6 is 0 Å². The molecule has 0 bridgehead atoms. The Hall–Kier alpha value is -2.70. The molecular formula is C17H22N4O3. The summed E-state index contributed by atoms with van der Waals surface area (Å²) in [5, 5.41) is 0. The lowest BCUT2D eigenvalue weighted by atomic mass is 10.2. The molecule has 7 nitrogen and oxygen atoms in total. The van der Waals surface area contributed by atoms with Crippen LogP contribution in [0.4, 0.5) is 5.95 Å². The second kappa shape index (κ2) is 7.25. The van der Waals surface area contributed by atoms with E-state index < -0.39 is 11.4 Å². The lowest BCUT2D eigenvalue weighted by molar-refractivity contribution is -0.118. The minimum absolute atomic E-state index is 0.00564. The Morgan fingerprint density at radius 2 is 1.88 bits per heavy atom. The average Bonchev–Trinajstić information content (AvgIpc) is 2.52. The van der Waals surface area contributed by atoms with Gasteiger partial charge in [-0.1, -0.05) is 38.5 Å². The van der Waals surface area contributed by atoms with Gasteiger partial charge in [-0.3, -0.25) is 14.7 Å². The van der Waals surface area contributed by atoms with Crippen molar-refractivity contribution >= 4 is 11.9 Å². The summed E-state index contributed by atoms with van der Waals surface area (Å²) >= 11 is 0. The lowest BCUT2D eigenvalue weighted by Gasteiger charge is -2.22. The number of aryl methyl sites for hydroxylation is 1. The number of nitrogens with zero attached hydrogens (tertiary/aromatic N) is 3. The normalized spacial score (nSPS) is 10.9. The Labute approximate surface area is 140 Å². The number of aromatic amines is 1. The number of benzene rings is 1. The fourth-order valence-electron chi connectivity index (χ4n) is 2.32. The molecule has 0 saturated carbocycles. The van der Waals surface area contributed by atoms with Gasteiger partial charge in [0.15, 0.2) is 0 Å². The van der Waals surface area contributed by atoms with Crippen LogP contribution in [0.5, 0.6) is 0 Å². The quantitative estimate of drug-likeness (QED) is 0.902. The third-order valence-electron chi connectivity index (χ3n) is 3.51. The molecule has 0 fully saturated rings. The second-order valence-corrected chi connectivity index (χ2v) is 6.07. The van der Waals surface area contributed by atoms with Gasteiger partial charge in [0.2, 0.25) is 11.9 Å². The number of H-pyrrole nitrogens is 1. The van der Waals surface area contributed by atoms with Crippen LogP contribution in [-0.4, -0.2) is 27.0 Å². The van der Waals surface area contributed by atoms with Crippen molar-refractivity contribution in [2.24, 2.45) is 5.92 Å². The highest BCUT2D eigenvalue weighted by Crippen LogP contribution is 2.10. The van der Waals surface area contributed by atoms with Gasteiger partial charge in [-0.15, -0.1) is 0 Å². The van der Waals surface area contributed by atoms with E-state index in [0.717, 1.165) is 10.1 Å². The molecule has 128 valence electrons. The summed E-state index contributed by atoms with van der Waals surface area (Å²) < 4.78 is 0.951. The van der Waals surface area contributed by atoms with Gasteiger partial charge < -0.3 is 0 Å². The topological polar surface area (TPSA) is 88.1 Å². The number of rotatable bonds is 5. The molecule has 24 heavy (non-hydrogen) atoms.